The molecule has 146 valence electrons. The normalized spacial score (nSPS) is 19.8. The fraction of sp³-hybridized carbons (Fsp3) is 0.333. The van der Waals surface area contributed by atoms with E-state index in [1.54, 1.807) is 17.5 Å². The largest absolute Gasteiger partial charge is 0.330 e. The molecule has 0 spiro atoms. The molecule has 1 aliphatic heterocycles. The van der Waals surface area contributed by atoms with Crippen molar-refractivity contribution in [2.75, 3.05) is 31.5 Å². The summed E-state index contributed by atoms with van der Waals surface area (Å²) in [6.07, 6.45) is 1.72. The van der Waals surface area contributed by atoms with E-state index < -0.39 is 0 Å². The van der Waals surface area contributed by atoms with E-state index >= 15 is 0 Å². The lowest BCUT2D eigenvalue weighted by Crippen LogP contribution is -2.32. The van der Waals surface area contributed by atoms with E-state index in [1.807, 2.05) is 28.3 Å². The summed E-state index contributed by atoms with van der Waals surface area (Å²) in [4.78, 5) is 16.0. The molecule has 2 atom stereocenters. The molecule has 6 nitrogen and oxygen atoms in total. The van der Waals surface area contributed by atoms with Crippen LogP contribution in [0, 0.1) is 5.92 Å². The average molecular weight is 396 g/mol. The average Bonchev–Trinajstić information content (AvgIpc) is 3.45. The van der Waals surface area contributed by atoms with Crippen molar-refractivity contribution in [1.82, 2.24) is 14.7 Å². The Kier molecular flexibility index (Phi) is 5.85. The highest BCUT2D eigenvalue weighted by molar-refractivity contribution is 7.09. The van der Waals surface area contributed by atoms with Crippen molar-refractivity contribution >= 4 is 23.1 Å². The zero-order valence-corrected chi connectivity index (χ0v) is 16.5. The van der Waals surface area contributed by atoms with Gasteiger partial charge in [0.25, 0.3) is 0 Å². The van der Waals surface area contributed by atoms with Gasteiger partial charge in [0, 0.05) is 30.0 Å². The van der Waals surface area contributed by atoms with Crippen molar-refractivity contribution in [3.05, 3.63) is 70.5 Å². The maximum absolute atomic E-state index is 12.6. The first-order valence-corrected chi connectivity index (χ1v) is 10.4. The zero-order chi connectivity index (χ0) is 19.3. The van der Waals surface area contributed by atoms with Crippen LogP contribution in [0.4, 0.5) is 5.82 Å². The molecule has 1 saturated heterocycles. The molecule has 3 N–H and O–H groups in total. The zero-order valence-electron chi connectivity index (χ0n) is 15.7. The summed E-state index contributed by atoms with van der Waals surface area (Å²) < 4.78 is 1.82. The third-order valence-corrected chi connectivity index (χ3v) is 6.15. The lowest BCUT2D eigenvalue weighted by molar-refractivity contribution is -0.117. The minimum absolute atomic E-state index is 0.0163. The number of hydrogen-bond acceptors (Lipinski definition) is 5. The number of likely N-dealkylation sites (tertiary alicyclic amines) is 1. The molecule has 3 heterocycles. The fourth-order valence-corrected chi connectivity index (χ4v) is 4.59. The summed E-state index contributed by atoms with van der Waals surface area (Å²) >= 11 is 1.68. The van der Waals surface area contributed by atoms with Gasteiger partial charge in [-0.15, -0.1) is 11.3 Å². The van der Waals surface area contributed by atoms with Gasteiger partial charge in [0.2, 0.25) is 5.91 Å². The Morgan fingerprint density at radius 2 is 2.04 bits per heavy atom. The van der Waals surface area contributed by atoms with Crippen molar-refractivity contribution in [2.24, 2.45) is 11.7 Å². The monoisotopic (exact) mass is 395 g/mol. The number of thiophene rings is 1. The number of amides is 1. The van der Waals surface area contributed by atoms with E-state index in [0.717, 1.165) is 18.9 Å². The molecule has 7 heteroatoms. The number of hydrogen-bond donors (Lipinski definition) is 2. The molecule has 0 radical (unpaired) electrons. The predicted molar refractivity (Wildman–Crippen MR) is 112 cm³/mol. The van der Waals surface area contributed by atoms with Gasteiger partial charge in [0.15, 0.2) is 0 Å². The summed E-state index contributed by atoms with van der Waals surface area (Å²) in [7, 11) is 0. The Bertz CT molecular complexity index is 893. The number of benzene rings is 1. The number of carbonyl (C=O) groups excluding carboxylic acids is 1. The smallest absolute Gasteiger partial charge is 0.239 e. The lowest BCUT2D eigenvalue weighted by atomic mass is 9.89. The predicted octanol–water partition coefficient (Wildman–Crippen LogP) is 2.61. The number of aromatic nitrogens is 2. The van der Waals surface area contributed by atoms with Crippen molar-refractivity contribution in [3.8, 4) is 0 Å². The van der Waals surface area contributed by atoms with Crippen LogP contribution < -0.4 is 11.1 Å². The molecule has 1 amide bonds. The first kappa shape index (κ1) is 18.9. The molecule has 1 fully saturated rings. The van der Waals surface area contributed by atoms with Crippen LogP contribution in [0.5, 0.6) is 0 Å². The summed E-state index contributed by atoms with van der Waals surface area (Å²) in [5.74, 6) is 1.47. The topological polar surface area (TPSA) is 76.2 Å². The Morgan fingerprint density at radius 3 is 2.79 bits per heavy atom. The molecule has 0 bridgehead atoms. The molecule has 0 saturated carbocycles. The minimum atomic E-state index is -0.0163. The quantitative estimate of drug-likeness (QED) is 0.645. The number of nitrogens with one attached hydrogen (secondary N) is 1. The maximum Gasteiger partial charge on any atom is 0.239 e. The van der Waals surface area contributed by atoms with Crippen molar-refractivity contribution in [3.63, 3.8) is 0 Å². The molecule has 0 aliphatic carbocycles. The van der Waals surface area contributed by atoms with Gasteiger partial charge in [-0.2, -0.15) is 5.10 Å². The molecule has 3 aromatic rings. The number of nitrogens with zero attached hydrogens (tertiary/aromatic N) is 3. The number of anilines is 1. The first-order valence-electron chi connectivity index (χ1n) is 9.54. The van der Waals surface area contributed by atoms with Crippen molar-refractivity contribution in [2.45, 2.75) is 12.5 Å². The van der Waals surface area contributed by atoms with Crippen LogP contribution in [0.15, 0.2) is 60.1 Å². The molecular weight excluding hydrogens is 370 g/mol. The number of rotatable bonds is 7. The third kappa shape index (κ3) is 4.32. The van der Waals surface area contributed by atoms with Gasteiger partial charge in [0.1, 0.15) is 5.82 Å². The summed E-state index contributed by atoms with van der Waals surface area (Å²) in [6, 6.07) is 16.4. The van der Waals surface area contributed by atoms with Crippen LogP contribution in [0.2, 0.25) is 0 Å². The van der Waals surface area contributed by atoms with Gasteiger partial charge in [-0.3, -0.25) is 9.69 Å². The molecule has 2 aromatic heterocycles. The lowest BCUT2D eigenvalue weighted by Gasteiger charge is -2.17. The van der Waals surface area contributed by atoms with Gasteiger partial charge >= 0.3 is 0 Å². The number of nitrogens with two attached hydrogens (primary N) is 1. The van der Waals surface area contributed by atoms with E-state index in [9.17, 15) is 4.79 Å². The summed E-state index contributed by atoms with van der Waals surface area (Å²) in [5, 5.41) is 9.39. The highest BCUT2D eigenvalue weighted by Gasteiger charge is 2.33. The van der Waals surface area contributed by atoms with Crippen LogP contribution >= 0.6 is 11.3 Å². The van der Waals surface area contributed by atoms with E-state index in [1.165, 1.54) is 10.4 Å². The summed E-state index contributed by atoms with van der Waals surface area (Å²) in [6.45, 7) is 3.36. The Labute approximate surface area is 169 Å². The molecular formula is C21H25N5OS. The second-order valence-corrected chi connectivity index (χ2v) is 8.24. The Hall–Kier alpha value is -2.48. The van der Waals surface area contributed by atoms with Gasteiger partial charge < -0.3 is 11.1 Å². The first-order chi connectivity index (χ1) is 13.7. The van der Waals surface area contributed by atoms with Gasteiger partial charge in [-0.05, 0) is 29.5 Å². The van der Waals surface area contributed by atoms with Crippen LogP contribution in [0.25, 0.3) is 0 Å². The maximum atomic E-state index is 12.6. The second-order valence-electron chi connectivity index (χ2n) is 7.21. The molecule has 1 aromatic carbocycles. The highest BCUT2D eigenvalue weighted by atomic mass is 32.1. The molecule has 0 unspecified atom stereocenters. The Morgan fingerprint density at radius 1 is 1.18 bits per heavy atom. The van der Waals surface area contributed by atoms with E-state index in [0.29, 0.717) is 31.5 Å². The van der Waals surface area contributed by atoms with Gasteiger partial charge in [-0.1, -0.05) is 36.4 Å². The van der Waals surface area contributed by atoms with Crippen LogP contribution in [0.3, 0.4) is 0 Å². The molecule has 1 aliphatic rings. The standard InChI is InChI=1S/C21H25N5OS/c22-11-17-12-25(14-19(17)16-5-2-1-3-6-16)15-21(27)24-20-8-9-23-26(20)13-18-7-4-10-28-18/h1-10,17,19H,11-15,22H2,(H,24,27)/t17-,19+/m1/s1. The molecule has 4 rings (SSSR count). The van der Waals surface area contributed by atoms with Crippen molar-refractivity contribution in [1.29, 1.82) is 0 Å². The minimum Gasteiger partial charge on any atom is -0.330 e. The molecule has 28 heavy (non-hydrogen) atoms. The van der Waals surface area contributed by atoms with Gasteiger partial charge in [-0.25, -0.2) is 4.68 Å². The summed E-state index contributed by atoms with van der Waals surface area (Å²) in [5.41, 5.74) is 7.31. The third-order valence-electron chi connectivity index (χ3n) is 5.28. The fourth-order valence-electron chi connectivity index (χ4n) is 3.91. The van der Waals surface area contributed by atoms with Crippen LogP contribution in [-0.4, -0.2) is 46.8 Å². The second kappa shape index (κ2) is 8.68. The van der Waals surface area contributed by atoms with E-state index in [2.05, 4.69) is 45.6 Å². The SMILES string of the molecule is NC[C@@H]1CN(CC(=O)Nc2ccnn2Cc2cccs2)C[C@H]1c1ccccc1. The number of carbonyl (C=O) groups is 1. The van der Waals surface area contributed by atoms with Crippen LogP contribution in [-0.2, 0) is 11.3 Å². The van der Waals surface area contributed by atoms with Crippen molar-refractivity contribution < 1.29 is 4.79 Å². The van der Waals surface area contributed by atoms with Gasteiger partial charge in [0.05, 0.1) is 19.3 Å². The van der Waals surface area contributed by atoms with E-state index in [4.69, 9.17) is 5.73 Å². The Balaban J connectivity index is 1.36. The highest BCUT2D eigenvalue weighted by Crippen LogP contribution is 2.31. The van der Waals surface area contributed by atoms with Crippen LogP contribution in [0.1, 0.15) is 16.4 Å². The van der Waals surface area contributed by atoms with E-state index in [-0.39, 0.29) is 5.91 Å².